The Balaban J connectivity index is 1.78. The van der Waals surface area contributed by atoms with Crippen LogP contribution in [-0.2, 0) is 27.5 Å². The van der Waals surface area contributed by atoms with E-state index in [0.29, 0.717) is 53.7 Å². The SMILES string of the molecule is C[Si](C)(C)CCOCOCc1nc2c(OCC3CCCC(O)C3)c(Cl)c(Cl)cc2n1COCC[Si](C)(C)C. The summed E-state index contributed by atoms with van der Waals surface area (Å²) in [5.41, 5.74) is 1.44. The smallest absolute Gasteiger partial charge is 0.167 e. The minimum Gasteiger partial charge on any atom is -0.489 e. The minimum atomic E-state index is -1.22. The second kappa shape index (κ2) is 14.3. The van der Waals surface area contributed by atoms with E-state index < -0.39 is 16.1 Å². The van der Waals surface area contributed by atoms with Crippen LogP contribution in [0.5, 0.6) is 5.75 Å². The fraction of sp³-hybridized carbons (Fsp3) is 0.741. The van der Waals surface area contributed by atoms with Crippen LogP contribution in [0.15, 0.2) is 6.07 Å². The first-order valence-corrected chi connectivity index (χ1v) is 21.9. The van der Waals surface area contributed by atoms with Crippen LogP contribution in [0.4, 0.5) is 0 Å². The summed E-state index contributed by atoms with van der Waals surface area (Å²) in [6.45, 7) is 16.6. The lowest BCUT2D eigenvalue weighted by atomic mass is 9.88. The molecule has 11 heteroatoms. The van der Waals surface area contributed by atoms with E-state index in [4.69, 9.17) is 47.1 Å². The van der Waals surface area contributed by atoms with E-state index in [1.165, 1.54) is 0 Å². The van der Waals surface area contributed by atoms with Gasteiger partial charge in [-0.05, 0) is 43.3 Å². The Kier molecular flexibility index (Phi) is 12.0. The van der Waals surface area contributed by atoms with Gasteiger partial charge in [0.25, 0.3) is 0 Å². The predicted octanol–water partition coefficient (Wildman–Crippen LogP) is 7.41. The Bertz CT molecular complexity index is 1040. The van der Waals surface area contributed by atoms with Crippen LogP contribution in [0.2, 0.25) is 61.4 Å². The summed E-state index contributed by atoms with van der Waals surface area (Å²) >= 11 is 13.2. The zero-order valence-corrected chi connectivity index (χ0v) is 27.5. The molecule has 0 aliphatic heterocycles. The molecule has 38 heavy (non-hydrogen) atoms. The monoisotopic (exact) mass is 604 g/mol. The summed E-state index contributed by atoms with van der Waals surface area (Å²) in [6.07, 6.45) is 3.34. The lowest BCUT2D eigenvalue weighted by molar-refractivity contribution is -0.0609. The van der Waals surface area contributed by atoms with Crippen molar-refractivity contribution in [1.82, 2.24) is 9.55 Å². The maximum atomic E-state index is 10.1. The van der Waals surface area contributed by atoms with Gasteiger partial charge in [-0.15, -0.1) is 0 Å². The minimum absolute atomic E-state index is 0.207. The van der Waals surface area contributed by atoms with Gasteiger partial charge < -0.3 is 28.6 Å². The van der Waals surface area contributed by atoms with Gasteiger partial charge in [-0.1, -0.05) is 68.9 Å². The van der Waals surface area contributed by atoms with Crippen LogP contribution in [0.3, 0.4) is 0 Å². The van der Waals surface area contributed by atoms with Crippen molar-refractivity contribution < 1.29 is 24.1 Å². The zero-order valence-electron chi connectivity index (χ0n) is 23.9. The summed E-state index contributed by atoms with van der Waals surface area (Å²) in [6, 6.07) is 3.99. The Labute approximate surface area is 240 Å². The number of nitrogens with zero attached hydrogens (tertiary/aromatic N) is 2. The van der Waals surface area contributed by atoms with Gasteiger partial charge in [0, 0.05) is 29.4 Å². The number of hydrogen-bond donors (Lipinski definition) is 1. The van der Waals surface area contributed by atoms with Crippen LogP contribution in [0, 0.1) is 5.92 Å². The number of ether oxygens (including phenoxy) is 4. The molecule has 2 aromatic rings. The summed E-state index contributed by atoms with van der Waals surface area (Å²) in [4.78, 5) is 4.88. The first-order valence-electron chi connectivity index (χ1n) is 13.8. The average Bonchev–Trinajstić information content (AvgIpc) is 3.14. The molecule has 1 aromatic carbocycles. The third-order valence-corrected chi connectivity index (χ3v) is 11.0. The number of halogens is 2. The number of benzene rings is 1. The second-order valence-corrected chi connectivity index (χ2v) is 24.9. The molecular weight excluding hydrogens is 559 g/mol. The van der Waals surface area contributed by atoms with Gasteiger partial charge in [0.2, 0.25) is 0 Å². The third kappa shape index (κ3) is 10.1. The number of aliphatic hydroxyl groups excluding tert-OH is 1. The lowest BCUT2D eigenvalue weighted by Crippen LogP contribution is -2.24. The van der Waals surface area contributed by atoms with Crippen LogP contribution < -0.4 is 4.74 Å². The molecule has 1 saturated carbocycles. The summed E-state index contributed by atoms with van der Waals surface area (Å²) in [5.74, 6) is 1.45. The summed E-state index contributed by atoms with van der Waals surface area (Å²) in [7, 11) is -2.37. The summed E-state index contributed by atoms with van der Waals surface area (Å²) in [5, 5.41) is 10.8. The lowest BCUT2D eigenvalue weighted by Gasteiger charge is -2.26. The van der Waals surface area contributed by atoms with Crippen molar-refractivity contribution in [3.63, 3.8) is 0 Å². The molecule has 216 valence electrons. The van der Waals surface area contributed by atoms with Crippen molar-refractivity contribution in [3.05, 3.63) is 21.9 Å². The number of aliphatic hydroxyl groups is 1. The molecule has 0 saturated heterocycles. The van der Waals surface area contributed by atoms with E-state index in [2.05, 4.69) is 39.3 Å². The molecular formula is C27H46Cl2N2O5Si2. The highest BCUT2D eigenvalue weighted by molar-refractivity contribution is 6.76. The fourth-order valence-electron chi connectivity index (χ4n) is 4.39. The van der Waals surface area contributed by atoms with Gasteiger partial charge in [-0.2, -0.15) is 0 Å². The van der Waals surface area contributed by atoms with Gasteiger partial charge in [0.05, 0.1) is 23.3 Å². The predicted molar refractivity (Wildman–Crippen MR) is 161 cm³/mol. The van der Waals surface area contributed by atoms with E-state index in [9.17, 15) is 5.11 Å². The van der Waals surface area contributed by atoms with Crippen molar-refractivity contribution in [2.45, 2.75) is 96.5 Å². The molecule has 1 aliphatic carbocycles. The quantitative estimate of drug-likeness (QED) is 0.129. The molecule has 2 atom stereocenters. The number of imidazole rings is 1. The van der Waals surface area contributed by atoms with Crippen molar-refractivity contribution in [2.75, 3.05) is 26.6 Å². The molecule has 0 radical (unpaired) electrons. The van der Waals surface area contributed by atoms with Crippen molar-refractivity contribution >= 4 is 50.4 Å². The van der Waals surface area contributed by atoms with E-state index in [0.717, 1.165) is 43.3 Å². The van der Waals surface area contributed by atoms with Gasteiger partial charge in [-0.25, -0.2) is 4.98 Å². The van der Waals surface area contributed by atoms with Gasteiger partial charge in [0.1, 0.15) is 36.5 Å². The van der Waals surface area contributed by atoms with Gasteiger partial charge >= 0.3 is 0 Å². The first-order chi connectivity index (χ1) is 17.8. The highest BCUT2D eigenvalue weighted by Gasteiger charge is 2.24. The Morgan fingerprint density at radius 3 is 2.34 bits per heavy atom. The topological polar surface area (TPSA) is 75.0 Å². The Hall–Kier alpha value is -0.656. The summed E-state index contributed by atoms with van der Waals surface area (Å²) < 4.78 is 25.9. The molecule has 1 aliphatic rings. The van der Waals surface area contributed by atoms with Crippen LogP contribution in [0.25, 0.3) is 11.0 Å². The average molecular weight is 606 g/mol. The van der Waals surface area contributed by atoms with E-state index in [1.807, 2.05) is 10.6 Å². The van der Waals surface area contributed by atoms with Crippen molar-refractivity contribution in [2.24, 2.45) is 5.92 Å². The van der Waals surface area contributed by atoms with Crippen molar-refractivity contribution in [3.8, 4) is 5.75 Å². The largest absolute Gasteiger partial charge is 0.489 e. The fourth-order valence-corrected chi connectivity index (χ4v) is 6.29. The maximum Gasteiger partial charge on any atom is 0.167 e. The number of aromatic nitrogens is 2. The molecule has 1 N–H and O–H groups in total. The molecule has 3 rings (SSSR count). The number of hydrogen-bond acceptors (Lipinski definition) is 6. The molecule has 1 heterocycles. The highest BCUT2D eigenvalue weighted by Crippen LogP contribution is 2.40. The van der Waals surface area contributed by atoms with E-state index in [1.54, 1.807) is 0 Å². The Morgan fingerprint density at radius 2 is 1.68 bits per heavy atom. The Morgan fingerprint density at radius 1 is 1.00 bits per heavy atom. The molecule has 1 fully saturated rings. The zero-order chi connectivity index (χ0) is 27.9. The number of rotatable bonds is 15. The number of fused-ring (bicyclic) bond motifs is 1. The molecule has 1 aromatic heterocycles. The van der Waals surface area contributed by atoms with Crippen LogP contribution in [0.1, 0.15) is 31.5 Å². The maximum absolute atomic E-state index is 10.1. The molecule has 2 unspecified atom stereocenters. The van der Waals surface area contributed by atoms with Crippen molar-refractivity contribution in [1.29, 1.82) is 0 Å². The normalized spacial score (nSPS) is 18.9. The highest BCUT2D eigenvalue weighted by atomic mass is 35.5. The second-order valence-electron chi connectivity index (χ2n) is 12.9. The standard InChI is InChI=1S/C27H46Cl2N2O5Si2/c1-37(2,3)12-10-33-18-31-23-15-22(28)25(29)27(36-16-20-8-7-9-21(32)14-20)26(23)30-24(31)17-35-19-34-11-13-38(4,5)6/h15,20-21,32H,7-14,16-19H2,1-6H3. The molecule has 0 amide bonds. The van der Waals surface area contributed by atoms with Crippen LogP contribution in [-0.4, -0.2) is 63.5 Å². The molecule has 0 bridgehead atoms. The van der Waals surface area contributed by atoms with Crippen LogP contribution >= 0.6 is 23.2 Å². The van der Waals surface area contributed by atoms with E-state index in [-0.39, 0.29) is 25.4 Å². The third-order valence-electron chi connectivity index (χ3n) is 6.80. The van der Waals surface area contributed by atoms with E-state index >= 15 is 0 Å². The van der Waals surface area contributed by atoms with Gasteiger partial charge in [0.15, 0.2) is 5.75 Å². The first kappa shape index (κ1) is 31.9. The molecule has 0 spiro atoms. The van der Waals surface area contributed by atoms with Gasteiger partial charge in [-0.3, -0.25) is 0 Å². The molecule has 7 nitrogen and oxygen atoms in total.